The van der Waals surface area contributed by atoms with Gasteiger partial charge in [0.2, 0.25) is 0 Å². The molecular formula is C20H19Br. The van der Waals surface area contributed by atoms with Crippen LogP contribution in [0.5, 0.6) is 0 Å². The summed E-state index contributed by atoms with van der Waals surface area (Å²) in [6, 6.07) is 11.3. The lowest BCUT2D eigenvalue weighted by atomic mass is 9.75. The van der Waals surface area contributed by atoms with E-state index in [1.807, 2.05) is 0 Å². The second kappa shape index (κ2) is 4.58. The molecule has 0 spiro atoms. The van der Waals surface area contributed by atoms with Gasteiger partial charge in [-0.05, 0) is 63.4 Å². The van der Waals surface area contributed by atoms with E-state index < -0.39 is 0 Å². The van der Waals surface area contributed by atoms with Gasteiger partial charge in [0.1, 0.15) is 0 Å². The van der Waals surface area contributed by atoms with Gasteiger partial charge < -0.3 is 0 Å². The van der Waals surface area contributed by atoms with Crippen LogP contribution in [0, 0.1) is 10.4 Å². The molecule has 2 aromatic rings. The lowest BCUT2D eigenvalue weighted by Crippen LogP contribution is -2.29. The van der Waals surface area contributed by atoms with Crippen molar-refractivity contribution in [1.29, 1.82) is 0 Å². The molecule has 2 aliphatic rings. The van der Waals surface area contributed by atoms with Gasteiger partial charge in [-0.2, -0.15) is 0 Å². The molecule has 0 aliphatic heterocycles. The van der Waals surface area contributed by atoms with E-state index in [-0.39, 0.29) is 5.41 Å². The molecule has 21 heavy (non-hydrogen) atoms. The fourth-order valence-electron chi connectivity index (χ4n) is 3.98. The van der Waals surface area contributed by atoms with Crippen molar-refractivity contribution in [3.8, 4) is 0 Å². The summed E-state index contributed by atoms with van der Waals surface area (Å²) in [7, 11) is 0. The summed E-state index contributed by atoms with van der Waals surface area (Å²) in [5, 5.41) is 5.61. The van der Waals surface area contributed by atoms with Gasteiger partial charge in [0.05, 0.1) is 0 Å². The van der Waals surface area contributed by atoms with Crippen LogP contribution in [0.15, 0.2) is 34.8 Å². The third-order valence-corrected chi connectivity index (χ3v) is 5.30. The Hall–Kier alpha value is -1.34. The standard InChI is InChI=1S/C20H19Br/c1-20(2)12-14-11-15(21)8-10-16(14)18-9-7-13-5-3-4-6-17(13)19(18)20/h5,7-12H,3-4,6H2,1-2H3. The first-order valence-electron chi connectivity index (χ1n) is 7.72. The Labute approximate surface area is 133 Å². The molecule has 0 saturated carbocycles. The molecule has 2 aliphatic carbocycles. The Kier molecular flexibility index (Phi) is 2.91. The minimum absolute atomic E-state index is 0.0969. The highest BCUT2D eigenvalue weighted by molar-refractivity contribution is 9.10. The maximum absolute atomic E-state index is 3.60. The zero-order valence-electron chi connectivity index (χ0n) is 12.5. The highest BCUT2D eigenvalue weighted by Crippen LogP contribution is 2.31. The van der Waals surface area contributed by atoms with Gasteiger partial charge in [0, 0.05) is 9.89 Å². The summed E-state index contributed by atoms with van der Waals surface area (Å²) in [6.45, 7) is 4.70. The molecule has 0 fully saturated rings. The normalized spacial score (nSPS) is 17.9. The monoisotopic (exact) mass is 338 g/mol. The number of fused-ring (bicyclic) bond motifs is 4. The molecule has 0 radical (unpaired) electrons. The Bertz CT molecular complexity index is 949. The fraction of sp³-hybridized carbons (Fsp3) is 0.300. The van der Waals surface area contributed by atoms with Crippen LogP contribution in [0.2, 0.25) is 0 Å². The topological polar surface area (TPSA) is 0 Å². The van der Waals surface area contributed by atoms with Gasteiger partial charge in [0.25, 0.3) is 0 Å². The lowest BCUT2D eigenvalue weighted by molar-refractivity contribution is 0.675. The zero-order chi connectivity index (χ0) is 14.6. The molecule has 106 valence electrons. The molecule has 0 amide bonds. The fourth-order valence-corrected chi connectivity index (χ4v) is 4.36. The third-order valence-electron chi connectivity index (χ3n) is 4.81. The number of benzene rings is 2. The van der Waals surface area contributed by atoms with E-state index in [2.05, 4.69) is 72.3 Å². The van der Waals surface area contributed by atoms with Crippen LogP contribution < -0.4 is 10.4 Å². The third kappa shape index (κ3) is 2.02. The van der Waals surface area contributed by atoms with E-state index in [1.54, 1.807) is 11.1 Å². The van der Waals surface area contributed by atoms with Gasteiger partial charge in [0.15, 0.2) is 0 Å². The van der Waals surface area contributed by atoms with Crippen LogP contribution in [0.3, 0.4) is 0 Å². The SMILES string of the molecule is CC1(C)C=c2cc(Br)ccc2=c2ccc3c(c21)CCCC=3. The summed E-state index contributed by atoms with van der Waals surface area (Å²) in [4.78, 5) is 0. The molecule has 1 heteroatoms. The number of halogens is 1. The molecular weight excluding hydrogens is 320 g/mol. The second-order valence-electron chi connectivity index (χ2n) is 6.75. The molecule has 2 aromatic carbocycles. The molecule has 4 rings (SSSR count). The van der Waals surface area contributed by atoms with Crippen molar-refractivity contribution in [3.05, 3.63) is 66.8 Å². The van der Waals surface area contributed by atoms with Crippen LogP contribution in [0.1, 0.15) is 37.8 Å². The summed E-state index contributed by atoms with van der Waals surface area (Å²) in [6.07, 6.45) is 8.57. The quantitative estimate of drug-likeness (QED) is 0.682. The van der Waals surface area contributed by atoms with Crippen molar-refractivity contribution >= 4 is 28.1 Å². The maximum Gasteiger partial charge on any atom is 0.0181 e. The Balaban J connectivity index is 2.28. The van der Waals surface area contributed by atoms with Crippen molar-refractivity contribution in [2.24, 2.45) is 0 Å². The highest BCUT2D eigenvalue weighted by Gasteiger charge is 2.26. The van der Waals surface area contributed by atoms with E-state index in [0.29, 0.717) is 0 Å². The molecule has 0 N–H and O–H groups in total. The first kappa shape index (κ1) is 13.3. The molecule has 0 bridgehead atoms. The van der Waals surface area contributed by atoms with Crippen molar-refractivity contribution < 1.29 is 0 Å². The Morgan fingerprint density at radius 2 is 1.81 bits per heavy atom. The molecule has 0 atom stereocenters. The van der Waals surface area contributed by atoms with Gasteiger partial charge in [-0.1, -0.05) is 60.1 Å². The highest BCUT2D eigenvalue weighted by atomic mass is 79.9. The maximum atomic E-state index is 3.60. The van der Waals surface area contributed by atoms with Crippen LogP contribution in [0.25, 0.3) is 12.2 Å². The molecule has 0 saturated heterocycles. The summed E-state index contributed by atoms with van der Waals surface area (Å²) < 4.78 is 1.16. The van der Waals surface area contributed by atoms with Crippen molar-refractivity contribution in [2.75, 3.05) is 0 Å². The Morgan fingerprint density at radius 3 is 2.67 bits per heavy atom. The largest absolute Gasteiger partial charge is 0.0770 e. The number of rotatable bonds is 0. The minimum Gasteiger partial charge on any atom is -0.0770 e. The predicted octanol–water partition coefficient (Wildman–Crippen LogP) is 3.92. The van der Waals surface area contributed by atoms with Crippen molar-refractivity contribution in [2.45, 2.75) is 38.5 Å². The zero-order valence-corrected chi connectivity index (χ0v) is 14.1. The molecule has 0 heterocycles. The van der Waals surface area contributed by atoms with Gasteiger partial charge in [-0.3, -0.25) is 0 Å². The van der Waals surface area contributed by atoms with E-state index in [1.165, 1.54) is 40.1 Å². The van der Waals surface area contributed by atoms with Crippen LogP contribution in [-0.2, 0) is 11.8 Å². The number of hydrogen-bond acceptors (Lipinski definition) is 0. The smallest absolute Gasteiger partial charge is 0.0181 e. The molecule has 0 unspecified atom stereocenters. The first-order chi connectivity index (χ1) is 10.1. The van der Waals surface area contributed by atoms with Gasteiger partial charge in [-0.15, -0.1) is 0 Å². The average Bonchev–Trinajstić information content (AvgIpc) is 2.45. The summed E-state index contributed by atoms with van der Waals surface area (Å²) >= 11 is 3.60. The van der Waals surface area contributed by atoms with Crippen molar-refractivity contribution in [3.63, 3.8) is 0 Å². The van der Waals surface area contributed by atoms with E-state index >= 15 is 0 Å². The summed E-state index contributed by atoms with van der Waals surface area (Å²) in [5.41, 5.74) is 3.22. The molecule has 0 nitrogen and oxygen atoms in total. The van der Waals surface area contributed by atoms with E-state index in [4.69, 9.17) is 0 Å². The summed E-state index contributed by atoms with van der Waals surface area (Å²) in [5.74, 6) is 0. The van der Waals surface area contributed by atoms with E-state index in [9.17, 15) is 0 Å². The van der Waals surface area contributed by atoms with Crippen LogP contribution in [-0.4, -0.2) is 0 Å². The van der Waals surface area contributed by atoms with Crippen molar-refractivity contribution in [1.82, 2.24) is 0 Å². The second-order valence-corrected chi connectivity index (χ2v) is 7.67. The van der Waals surface area contributed by atoms with Crippen LogP contribution in [0.4, 0.5) is 0 Å². The van der Waals surface area contributed by atoms with E-state index in [0.717, 1.165) is 4.47 Å². The Morgan fingerprint density at radius 1 is 1.00 bits per heavy atom. The predicted molar refractivity (Wildman–Crippen MR) is 92.4 cm³/mol. The van der Waals surface area contributed by atoms with Gasteiger partial charge in [-0.25, -0.2) is 0 Å². The average molecular weight is 339 g/mol. The van der Waals surface area contributed by atoms with Gasteiger partial charge >= 0.3 is 0 Å². The first-order valence-corrected chi connectivity index (χ1v) is 8.51. The number of hydrogen-bond donors (Lipinski definition) is 0. The lowest BCUT2D eigenvalue weighted by Gasteiger charge is -2.29. The minimum atomic E-state index is 0.0969. The molecule has 0 aromatic heterocycles. The van der Waals surface area contributed by atoms with Crippen LogP contribution >= 0.6 is 15.9 Å².